The van der Waals surface area contributed by atoms with Crippen molar-refractivity contribution in [2.45, 2.75) is 26.2 Å². The van der Waals surface area contributed by atoms with Crippen LogP contribution in [0, 0.1) is 0 Å². The molecule has 0 saturated heterocycles. The second-order valence-electron chi connectivity index (χ2n) is 3.62. The molecule has 0 amide bonds. The van der Waals surface area contributed by atoms with Crippen molar-refractivity contribution in [3.8, 4) is 0 Å². The van der Waals surface area contributed by atoms with Crippen LogP contribution in [0.15, 0.2) is 30.3 Å². The summed E-state index contributed by atoms with van der Waals surface area (Å²) in [7, 11) is 0. The van der Waals surface area contributed by atoms with E-state index in [1.165, 1.54) is 5.56 Å². The van der Waals surface area contributed by atoms with E-state index < -0.39 is 0 Å². The van der Waals surface area contributed by atoms with Gasteiger partial charge in [-0.1, -0.05) is 51.1 Å². The summed E-state index contributed by atoms with van der Waals surface area (Å²) in [5.74, 6) is 0. The first-order valence-electron chi connectivity index (χ1n) is 3.66. The van der Waals surface area contributed by atoms with Gasteiger partial charge in [0.2, 0.25) is 0 Å². The molecular formula is C10H14Zn. The summed E-state index contributed by atoms with van der Waals surface area (Å²) in [6.45, 7) is 6.67. The third kappa shape index (κ3) is 3.16. The first kappa shape index (κ1) is 10.8. The molecule has 0 fully saturated rings. The maximum absolute atomic E-state index is 2.22. The third-order valence-electron chi connectivity index (χ3n) is 1.64. The van der Waals surface area contributed by atoms with Crippen LogP contribution in [0.5, 0.6) is 0 Å². The normalized spacial score (nSPS) is 10.5. The van der Waals surface area contributed by atoms with Gasteiger partial charge in [0.1, 0.15) is 0 Å². The Labute approximate surface area is 81.8 Å². The number of hydrogen-bond donors (Lipinski definition) is 0. The summed E-state index contributed by atoms with van der Waals surface area (Å²) < 4.78 is 0. The number of rotatable bonds is 0. The van der Waals surface area contributed by atoms with Crippen LogP contribution in [0.3, 0.4) is 0 Å². The van der Waals surface area contributed by atoms with Crippen molar-refractivity contribution in [1.82, 2.24) is 0 Å². The predicted octanol–water partition coefficient (Wildman–Crippen LogP) is 2.98. The molecule has 11 heavy (non-hydrogen) atoms. The van der Waals surface area contributed by atoms with E-state index in [0.717, 1.165) is 0 Å². The standard InChI is InChI=1S/C10H14.Zn/c1-10(2,3)9-7-5-4-6-8-9;/h4-8H,1-3H3;. The molecule has 0 N–H and O–H groups in total. The number of hydrogen-bond acceptors (Lipinski definition) is 0. The Bertz CT molecular complexity index is 196. The van der Waals surface area contributed by atoms with Crippen LogP contribution in [0.4, 0.5) is 0 Å². The SMILES string of the molecule is CC(C)(C)c1ccccc1.[Zn]. The molecule has 0 heterocycles. The fraction of sp³-hybridized carbons (Fsp3) is 0.400. The Hall–Kier alpha value is -0.157. The van der Waals surface area contributed by atoms with Gasteiger partial charge in [0.25, 0.3) is 0 Å². The molecule has 1 aromatic carbocycles. The Balaban J connectivity index is 0.000001000. The first-order chi connectivity index (χ1) is 4.61. The minimum absolute atomic E-state index is 0. The van der Waals surface area contributed by atoms with E-state index >= 15 is 0 Å². The minimum Gasteiger partial charge on any atom is -0.0622 e. The second kappa shape index (κ2) is 4.02. The maximum atomic E-state index is 2.22. The van der Waals surface area contributed by atoms with Crippen LogP contribution in [-0.4, -0.2) is 0 Å². The van der Waals surface area contributed by atoms with Gasteiger partial charge >= 0.3 is 0 Å². The summed E-state index contributed by atoms with van der Waals surface area (Å²) >= 11 is 0. The zero-order chi connectivity index (χ0) is 7.61. The van der Waals surface area contributed by atoms with Crippen LogP contribution in [0.25, 0.3) is 0 Å². The van der Waals surface area contributed by atoms with Gasteiger partial charge in [-0.05, 0) is 11.0 Å². The zero-order valence-electron chi connectivity index (χ0n) is 7.59. The van der Waals surface area contributed by atoms with Crippen molar-refractivity contribution in [3.05, 3.63) is 35.9 Å². The van der Waals surface area contributed by atoms with Crippen molar-refractivity contribution in [1.29, 1.82) is 0 Å². The van der Waals surface area contributed by atoms with Gasteiger partial charge in [0.15, 0.2) is 0 Å². The molecule has 0 saturated carbocycles. The molecule has 0 aromatic heterocycles. The topological polar surface area (TPSA) is 0 Å². The van der Waals surface area contributed by atoms with Crippen LogP contribution >= 0.6 is 0 Å². The third-order valence-corrected chi connectivity index (χ3v) is 1.64. The summed E-state index contributed by atoms with van der Waals surface area (Å²) in [5, 5.41) is 0. The fourth-order valence-electron chi connectivity index (χ4n) is 0.938. The van der Waals surface area contributed by atoms with E-state index in [1.54, 1.807) is 0 Å². The molecule has 0 nitrogen and oxygen atoms in total. The van der Waals surface area contributed by atoms with Crippen molar-refractivity contribution < 1.29 is 19.5 Å². The van der Waals surface area contributed by atoms with Gasteiger partial charge in [-0.3, -0.25) is 0 Å². The van der Waals surface area contributed by atoms with Crippen molar-refractivity contribution >= 4 is 0 Å². The Morgan fingerprint density at radius 2 is 1.36 bits per heavy atom. The first-order valence-corrected chi connectivity index (χ1v) is 3.66. The molecule has 0 aliphatic rings. The van der Waals surface area contributed by atoms with Crippen LogP contribution in [0.1, 0.15) is 26.3 Å². The van der Waals surface area contributed by atoms with Gasteiger partial charge in [-0.2, -0.15) is 0 Å². The second-order valence-corrected chi connectivity index (χ2v) is 3.62. The summed E-state index contributed by atoms with van der Waals surface area (Å²) in [4.78, 5) is 0. The van der Waals surface area contributed by atoms with E-state index in [0.29, 0.717) is 5.41 Å². The molecule has 0 spiro atoms. The smallest absolute Gasteiger partial charge is 0 e. The fourth-order valence-corrected chi connectivity index (χ4v) is 0.938. The van der Waals surface area contributed by atoms with E-state index in [2.05, 4.69) is 51.1 Å². The molecule has 0 aliphatic heterocycles. The Morgan fingerprint density at radius 1 is 0.909 bits per heavy atom. The Morgan fingerprint density at radius 3 is 1.64 bits per heavy atom. The van der Waals surface area contributed by atoms with Gasteiger partial charge < -0.3 is 0 Å². The molecular weight excluding hydrogens is 185 g/mol. The van der Waals surface area contributed by atoms with Gasteiger partial charge in [0, 0.05) is 19.5 Å². The quantitative estimate of drug-likeness (QED) is 0.564. The summed E-state index contributed by atoms with van der Waals surface area (Å²) in [6, 6.07) is 10.6. The average molecular weight is 200 g/mol. The van der Waals surface area contributed by atoms with E-state index in [-0.39, 0.29) is 19.5 Å². The molecule has 1 heteroatoms. The van der Waals surface area contributed by atoms with Crippen molar-refractivity contribution in [2.24, 2.45) is 0 Å². The van der Waals surface area contributed by atoms with Crippen LogP contribution < -0.4 is 0 Å². The van der Waals surface area contributed by atoms with Crippen molar-refractivity contribution in [3.63, 3.8) is 0 Å². The Kier molecular flexibility index (Phi) is 3.96. The molecule has 1 rings (SSSR count). The average Bonchev–Trinajstić information content (AvgIpc) is 1.88. The van der Waals surface area contributed by atoms with Gasteiger partial charge in [-0.25, -0.2) is 0 Å². The summed E-state index contributed by atoms with van der Waals surface area (Å²) in [5.41, 5.74) is 1.69. The number of benzene rings is 1. The van der Waals surface area contributed by atoms with Gasteiger partial charge in [-0.15, -0.1) is 0 Å². The van der Waals surface area contributed by atoms with Crippen LogP contribution in [0.2, 0.25) is 0 Å². The van der Waals surface area contributed by atoms with Gasteiger partial charge in [0.05, 0.1) is 0 Å². The molecule has 0 atom stereocenters. The van der Waals surface area contributed by atoms with Crippen LogP contribution in [-0.2, 0) is 24.9 Å². The molecule has 0 unspecified atom stereocenters. The monoisotopic (exact) mass is 198 g/mol. The van der Waals surface area contributed by atoms with Crippen molar-refractivity contribution in [2.75, 3.05) is 0 Å². The molecule has 0 radical (unpaired) electrons. The largest absolute Gasteiger partial charge is 0.0622 e. The maximum Gasteiger partial charge on any atom is 0 e. The van der Waals surface area contributed by atoms with E-state index in [9.17, 15) is 0 Å². The summed E-state index contributed by atoms with van der Waals surface area (Å²) in [6.07, 6.45) is 0. The minimum atomic E-state index is 0. The van der Waals surface area contributed by atoms with E-state index in [1.807, 2.05) is 0 Å². The molecule has 1 aromatic rings. The predicted molar refractivity (Wildman–Crippen MR) is 45.1 cm³/mol. The molecule has 0 bridgehead atoms. The molecule has 56 valence electrons. The molecule has 0 aliphatic carbocycles. The van der Waals surface area contributed by atoms with E-state index in [4.69, 9.17) is 0 Å². The zero-order valence-corrected chi connectivity index (χ0v) is 10.6.